The van der Waals surface area contributed by atoms with Gasteiger partial charge in [-0.15, -0.1) is 0 Å². The van der Waals surface area contributed by atoms with Gasteiger partial charge in [0.15, 0.2) is 0 Å². The summed E-state index contributed by atoms with van der Waals surface area (Å²) >= 11 is 6.14. The number of hydrogen-bond donors (Lipinski definition) is 1. The van der Waals surface area contributed by atoms with Crippen molar-refractivity contribution in [2.75, 3.05) is 31.9 Å². The highest BCUT2D eigenvalue weighted by molar-refractivity contribution is 6.31. The van der Waals surface area contributed by atoms with E-state index in [1.807, 2.05) is 24.3 Å². The van der Waals surface area contributed by atoms with E-state index in [0.29, 0.717) is 17.4 Å². The van der Waals surface area contributed by atoms with Crippen LogP contribution in [0.5, 0.6) is 0 Å². The molecule has 2 aromatic carbocycles. The predicted octanol–water partition coefficient (Wildman–Crippen LogP) is 3.32. The van der Waals surface area contributed by atoms with Crippen molar-refractivity contribution in [3.8, 4) is 0 Å². The molecule has 3 aromatic rings. The Bertz CT molecular complexity index is 956. The number of anilines is 1. The minimum atomic E-state index is -0.303. The van der Waals surface area contributed by atoms with E-state index >= 15 is 0 Å². The van der Waals surface area contributed by atoms with Gasteiger partial charge in [-0.2, -0.15) is 0 Å². The maximum absolute atomic E-state index is 13.2. The highest BCUT2D eigenvalue weighted by Crippen LogP contribution is 2.21. The summed E-state index contributed by atoms with van der Waals surface area (Å²) in [4.78, 5) is 13.7. The molecule has 1 saturated heterocycles. The Morgan fingerprint density at radius 1 is 0.963 bits per heavy atom. The first kappa shape index (κ1) is 18.1. The highest BCUT2D eigenvalue weighted by Gasteiger charge is 2.19. The van der Waals surface area contributed by atoms with Crippen LogP contribution in [0.4, 0.5) is 10.2 Å². The molecule has 1 aliphatic rings. The molecule has 0 spiro atoms. The molecule has 0 bridgehead atoms. The number of para-hydroxylation sites is 1. The van der Waals surface area contributed by atoms with Gasteiger partial charge >= 0.3 is 0 Å². The van der Waals surface area contributed by atoms with E-state index < -0.39 is 0 Å². The molecule has 27 heavy (non-hydrogen) atoms. The third-order valence-electron chi connectivity index (χ3n) is 4.92. The molecule has 4 rings (SSSR count). The predicted molar refractivity (Wildman–Crippen MR) is 106 cm³/mol. The van der Waals surface area contributed by atoms with Gasteiger partial charge in [-0.05, 0) is 29.8 Å². The molecule has 5 nitrogen and oxygen atoms in total. The van der Waals surface area contributed by atoms with Gasteiger partial charge in [-0.1, -0.05) is 29.8 Å². The fourth-order valence-electron chi connectivity index (χ4n) is 3.42. The molecule has 1 fully saturated rings. The average Bonchev–Trinajstić information content (AvgIpc) is 2.66. The first-order valence-electron chi connectivity index (χ1n) is 8.98. The molecule has 0 unspecified atom stereocenters. The van der Waals surface area contributed by atoms with Gasteiger partial charge in [0.05, 0.1) is 12.1 Å². The third-order valence-corrected chi connectivity index (χ3v) is 5.27. The first-order chi connectivity index (χ1) is 13.1. The largest absolute Gasteiger partial charge is 0.383 e. The van der Waals surface area contributed by atoms with Crippen LogP contribution in [0.15, 0.2) is 42.5 Å². The summed E-state index contributed by atoms with van der Waals surface area (Å²) in [6.07, 6.45) is 0. The lowest BCUT2D eigenvalue weighted by Gasteiger charge is -2.34. The molecule has 2 N–H and O–H groups in total. The quantitative estimate of drug-likeness (QED) is 0.746. The summed E-state index contributed by atoms with van der Waals surface area (Å²) in [7, 11) is 0. The second kappa shape index (κ2) is 7.76. The molecule has 140 valence electrons. The Morgan fingerprint density at radius 3 is 2.41 bits per heavy atom. The highest BCUT2D eigenvalue weighted by atomic mass is 35.5. The van der Waals surface area contributed by atoms with E-state index in [0.717, 1.165) is 55.0 Å². The van der Waals surface area contributed by atoms with Gasteiger partial charge in [0.2, 0.25) is 0 Å². The normalized spacial score (nSPS) is 16.1. The second-order valence-electron chi connectivity index (χ2n) is 6.83. The Balaban J connectivity index is 1.37. The van der Waals surface area contributed by atoms with Crippen LogP contribution in [0.3, 0.4) is 0 Å². The van der Waals surface area contributed by atoms with Crippen LogP contribution in [0, 0.1) is 5.82 Å². The van der Waals surface area contributed by atoms with E-state index in [4.69, 9.17) is 17.3 Å². The summed E-state index contributed by atoms with van der Waals surface area (Å²) in [5, 5.41) is 1.37. The van der Waals surface area contributed by atoms with Crippen molar-refractivity contribution < 1.29 is 4.39 Å². The number of fused-ring (bicyclic) bond motifs is 1. The van der Waals surface area contributed by atoms with E-state index in [1.165, 1.54) is 12.1 Å². The zero-order valence-electron chi connectivity index (χ0n) is 14.9. The minimum absolute atomic E-state index is 0.303. The second-order valence-corrected chi connectivity index (χ2v) is 7.24. The molecule has 2 heterocycles. The number of nitrogens with two attached hydrogens (primary N) is 1. The zero-order valence-corrected chi connectivity index (χ0v) is 15.7. The number of hydrogen-bond acceptors (Lipinski definition) is 5. The molecule has 0 atom stereocenters. The number of nitrogens with zero attached hydrogens (tertiary/aromatic N) is 4. The monoisotopic (exact) mass is 385 g/mol. The Morgan fingerprint density at radius 2 is 1.67 bits per heavy atom. The lowest BCUT2D eigenvalue weighted by molar-refractivity contribution is 0.120. The number of piperazine rings is 1. The fourth-order valence-corrected chi connectivity index (χ4v) is 3.65. The average molecular weight is 386 g/mol. The van der Waals surface area contributed by atoms with E-state index in [1.54, 1.807) is 6.07 Å². The summed E-state index contributed by atoms with van der Waals surface area (Å²) < 4.78 is 13.2. The smallest absolute Gasteiger partial charge is 0.145 e. The van der Waals surface area contributed by atoms with Crippen molar-refractivity contribution in [3.63, 3.8) is 0 Å². The number of halogens is 2. The van der Waals surface area contributed by atoms with Crippen molar-refractivity contribution >= 4 is 28.3 Å². The van der Waals surface area contributed by atoms with Crippen LogP contribution in [0.1, 0.15) is 11.4 Å². The number of aromatic nitrogens is 2. The van der Waals surface area contributed by atoms with Gasteiger partial charge in [0.25, 0.3) is 0 Å². The molecule has 1 aliphatic heterocycles. The first-order valence-corrected chi connectivity index (χ1v) is 9.36. The standard InChI is InChI=1S/C20H21ClFN5/c21-17-11-15(22)6-5-14(17)12-26-7-9-27(10-8-26)13-19-24-18-4-2-1-3-16(18)20(23)25-19/h1-6,11H,7-10,12-13H2,(H2,23,24,25). The van der Waals surface area contributed by atoms with Crippen molar-refractivity contribution in [2.45, 2.75) is 13.1 Å². The van der Waals surface area contributed by atoms with Crippen LogP contribution in [-0.2, 0) is 13.1 Å². The molecular formula is C20H21ClFN5. The van der Waals surface area contributed by atoms with Crippen molar-refractivity contribution in [1.29, 1.82) is 0 Å². The summed E-state index contributed by atoms with van der Waals surface area (Å²) in [5.41, 5.74) is 7.91. The molecule has 0 radical (unpaired) electrons. The van der Waals surface area contributed by atoms with Gasteiger partial charge in [0, 0.05) is 43.1 Å². The van der Waals surface area contributed by atoms with Crippen LogP contribution in [-0.4, -0.2) is 45.9 Å². The lowest BCUT2D eigenvalue weighted by atomic mass is 10.2. The minimum Gasteiger partial charge on any atom is -0.383 e. The molecule has 1 aromatic heterocycles. The molecule has 0 amide bonds. The fraction of sp³-hybridized carbons (Fsp3) is 0.300. The van der Waals surface area contributed by atoms with Crippen LogP contribution < -0.4 is 5.73 Å². The van der Waals surface area contributed by atoms with Crippen LogP contribution >= 0.6 is 11.6 Å². The molecule has 0 aliphatic carbocycles. The third kappa shape index (κ3) is 4.18. The van der Waals surface area contributed by atoms with Gasteiger partial charge in [-0.3, -0.25) is 9.80 Å². The SMILES string of the molecule is Nc1nc(CN2CCN(Cc3ccc(F)cc3Cl)CC2)nc2ccccc12. The molecule has 7 heteroatoms. The maximum atomic E-state index is 13.2. The Labute approximate surface area is 162 Å². The number of benzene rings is 2. The van der Waals surface area contributed by atoms with Gasteiger partial charge < -0.3 is 5.73 Å². The topological polar surface area (TPSA) is 58.3 Å². The van der Waals surface area contributed by atoms with E-state index in [2.05, 4.69) is 19.8 Å². The molecular weight excluding hydrogens is 365 g/mol. The summed E-state index contributed by atoms with van der Waals surface area (Å²) in [6, 6.07) is 12.4. The van der Waals surface area contributed by atoms with E-state index in [-0.39, 0.29) is 5.82 Å². The lowest BCUT2D eigenvalue weighted by Crippen LogP contribution is -2.45. The number of nitrogen functional groups attached to an aromatic ring is 1. The van der Waals surface area contributed by atoms with Crippen molar-refractivity contribution in [3.05, 3.63) is 64.7 Å². The van der Waals surface area contributed by atoms with Gasteiger partial charge in [0.1, 0.15) is 17.5 Å². The van der Waals surface area contributed by atoms with E-state index in [9.17, 15) is 4.39 Å². The van der Waals surface area contributed by atoms with Crippen LogP contribution in [0.25, 0.3) is 10.9 Å². The Hall–Kier alpha value is -2.28. The molecule has 0 saturated carbocycles. The van der Waals surface area contributed by atoms with Crippen LogP contribution in [0.2, 0.25) is 5.02 Å². The van der Waals surface area contributed by atoms with Gasteiger partial charge in [-0.25, -0.2) is 14.4 Å². The van der Waals surface area contributed by atoms with Crippen molar-refractivity contribution in [1.82, 2.24) is 19.8 Å². The maximum Gasteiger partial charge on any atom is 0.145 e. The Kier molecular flexibility index (Phi) is 5.20. The van der Waals surface area contributed by atoms with Crippen molar-refractivity contribution in [2.24, 2.45) is 0 Å². The zero-order chi connectivity index (χ0) is 18.8. The summed E-state index contributed by atoms with van der Waals surface area (Å²) in [5.74, 6) is 0.977. The number of rotatable bonds is 4. The summed E-state index contributed by atoms with van der Waals surface area (Å²) in [6.45, 7) is 5.06.